The van der Waals surface area contributed by atoms with Gasteiger partial charge >= 0.3 is 0 Å². The van der Waals surface area contributed by atoms with Gasteiger partial charge < -0.3 is 10.2 Å². The molecule has 1 heterocycles. The van der Waals surface area contributed by atoms with Crippen LogP contribution < -0.4 is 0 Å². The summed E-state index contributed by atoms with van der Waals surface area (Å²) in [5, 5.41) is 27.9. The Labute approximate surface area is 127 Å². The van der Waals surface area contributed by atoms with E-state index in [2.05, 4.69) is 15.2 Å². The Morgan fingerprint density at radius 3 is 2.27 bits per heavy atom. The molecule has 5 nitrogen and oxygen atoms in total. The van der Waals surface area contributed by atoms with Crippen molar-refractivity contribution in [2.24, 2.45) is 10.2 Å². The number of para-hydroxylation sites is 1. The maximum absolute atomic E-state index is 10.1. The number of phenols is 2. The number of phenolic OH excluding ortho intramolecular Hbond substituents is 2. The van der Waals surface area contributed by atoms with Crippen molar-refractivity contribution in [1.29, 1.82) is 0 Å². The van der Waals surface area contributed by atoms with E-state index in [0.717, 1.165) is 0 Å². The fourth-order valence-electron chi connectivity index (χ4n) is 2.02. The average Bonchev–Trinajstić information content (AvgIpc) is 2.56. The van der Waals surface area contributed by atoms with Crippen LogP contribution in [0.3, 0.4) is 0 Å². The molecular weight excluding hydrogens is 278 g/mol. The number of hydrogen-bond acceptors (Lipinski definition) is 5. The van der Waals surface area contributed by atoms with E-state index in [1.165, 1.54) is 12.1 Å². The third-order valence-electron chi connectivity index (χ3n) is 3.10. The van der Waals surface area contributed by atoms with Crippen LogP contribution in [0.1, 0.15) is 0 Å². The van der Waals surface area contributed by atoms with Gasteiger partial charge in [-0.15, -0.1) is 10.2 Å². The van der Waals surface area contributed by atoms with Crippen LogP contribution in [0.4, 0.5) is 11.4 Å². The number of benzene rings is 2. The molecular formula is C17H13N3O2. The summed E-state index contributed by atoms with van der Waals surface area (Å²) < 4.78 is 0. The summed E-state index contributed by atoms with van der Waals surface area (Å²) in [6.07, 6.45) is 1.67. The second-order valence-corrected chi connectivity index (χ2v) is 4.58. The summed E-state index contributed by atoms with van der Waals surface area (Å²) in [6.45, 7) is 0. The molecule has 0 fully saturated rings. The largest absolute Gasteiger partial charge is 0.506 e. The van der Waals surface area contributed by atoms with Gasteiger partial charge in [-0.1, -0.05) is 30.3 Å². The van der Waals surface area contributed by atoms with Gasteiger partial charge in [-0.25, -0.2) is 0 Å². The van der Waals surface area contributed by atoms with Gasteiger partial charge in [0.15, 0.2) is 0 Å². The van der Waals surface area contributed by atoms with Crippen LogP contribution >= 0.6 is 0 Å². The molecule has 0 amide bonds. The average molecular weight is 291 g/mol. The van der Waals surface area contributed by atoms with E-state index < -0.39 is 0 Å². The molecule has 108 valence electrons. The number of aromatic hydroxyl groups is 2. The number of pyridine rings is 1. The van der Waals surface area contributed by atoms with Crippen molar-refractivity contribution in [3.05, 3.63) is 66.9 Å². The lowest BCUT2D eigenvalue weighted by atomic mass is 10.1. The van der Waals surface area contributed by atoms with Gasteiger partial charge in [0, 0.05) is 11.8 Å². The first-order chi connectivity index (χ1) is 10.8. The van der Waals surface area contributed by atoms with Crippen molar-refractivity contribution in [3.63, 3.8) is 0 Å². The standard InChI is InChI=1S/C17H13N3O2/c21-15-9-2-1-8-14(15)19-20-17-12(6-5-10-16(17)22)13-7-3-4-11-18-13/h1-11,21-22H. The second kappa shape index (κ2) is 6.05. The van der Waals surface area contributed by atoms with Gasteiger partial charge in [0.1, 0.15) is 22.9 Å². The summed E-state index contributed by atoms with van der Waals surface area (Å²) >= 11 is 0. The van der Waals surface area contributed by atoms with Crippen LogP contribution in [0, 0.1) is 0 Å². The normalized spacial score (nSPS) is 10.9. The molecule has 0 unspecified atom stereocenters. The van der Waals surface area contributed by atoms with E-state index in [9.17, 15) is 10.2 Å². The van der Waals surface area contributed by atoms with E-state index >= 15 is 0 Å². The van der Waals surface area contributed by atoms with E-state index in [-0.39, 0.29) is 11.5 Å². The zero-order chi connectivity index (χ0) is 15.4. The highest BCUT2D eigenvalue weighted by Gasteiger charge is 2.10. The van der Waals surface area contributed by atoms with Gasteiger partial charge in [-0.3, -0.25) is 4.98 Å². The van der Waals surface area contributed by atoms with Gasteiger partial charge in [-0.2, -0.15) is 0 Å². The number of aromatic nitrogens is 1. The summed E-state index contributed by atoms with van der Waals surface area (Å²) in [5.41, 5.74) is 1.99. The summed E-state index contributed by atoms with van der Waals surface area (Å²) in [4.78, 5) is 4.26. The first-order valence-corrected chi connectivity index (χ1v) is 6.69. The smallest absolute Gasteiger partial charge is 0.143 e. The predicted molar refractivity (Wildman–Crippen MR) is 83.6 cm³/mol. The molecule has 0 atom stereocenters. The maximum atomic E-state index is 10.1. The van der Waals surface area contributed by atoms with Crippen molar-refractivity contribution in [2.75, 3.05) is 0 Å². The minimum absolute atomic E-state index is 0.00215. The highest BCUT2D eigenvalue weighted by molar-refractivity contribution is 5.77. The molecule has 0 saturated carbocycles. The van der Waals surface area contributed by atoms with Gasteiger partial charge in [0.25, 0.3) is 0 Å². The van der Waals surface area contributed by atoms with Crippen LogP contribution in [0.5, 0.6) is 11.5 Å². The van der Waals surface area contributed by atoms with Gasteiger partial charge in [0.05, 0.1) is 5.69 Å². The third kappa shape index (κ3) is 2.78. The Bertz CT molecular complexity index is 817. The zero-order valence-electron chi connectivity index (χ0n) is 11.6. The van der Waals surface area contributed by atoms with E-state index in [4.69, 9.17) is 0 Å². The molecule has 0 saturated heterocycles. The molecule has 1 aromatic heterocycles. The molecule has 0 spiro atoms. The van der Waals surface area contributed by atoms with Crippen molar-refractivity contribution in [1.82, 2.24) is 4.98 Å². The van der Waals surface area contributed by atoms with Crippen LogP contribution in [0.2, 0.25) is 0 Å². The molecule has 3 rings (SSSR count). The molecule has 2 N–H and O–H groups in total. The minimum atomic E-state index is 0.00215. The monoisotopic (exact) mass is 291 g/mol. The second-order valence-electron chi connectivity index (χ2n) is 4.58. The molecule has 0 aliphatic carbocycles. The Kier molecular flexibility index (Phi) is 3.78. The Morgan fingerprint density at radius 1 is 0.727 bits per heavy atom. The topological polar surface area (TPSA) is 78.1 Å². The molecule has 22 heavy (non-hydrogen) atoms. The third-order valence-corrected chi connectivity index (χ3v) is 3.10. The van der Waals surface area contributed by atoms with Crippen molar-refractivity contribution in [2.45, 2.75) is 0 Å². The summed E-state index contributed by atoms with van der Waals surface area (Å²) in [6, 6.07) is 17.2. The molecule has 0 bridgehead atoms. The Hall–Kier alpha value is -3.21. The van der Waals surface area contributed by atoms with Gasteiger partial charge in [-0.05, 0) is 30.3 Å². The molecule has 5 heteroatoms. The van der Waals surface area contributed by atoms with E-state index in [1.54, 1.807) is 36.5 Å². The quantitative estimate of drug-likeness (QED) is 0.693. The number of nitrogens with zero attached hydrogens (tertiary/aromatic N) is 3. The van der Waals surface area contributed by atoms with Crippen LogP contribution in [-0.2, 0) is 0 Å². The minimum Gasteiger partial charge on any atom is -0.506 e. The van der Waals surface area contributed by atoms with Crippen LogP contribution in [-0.4, -0.2) is 15.2 Å². The summed E-state index contributed by atoms with van der Waals surface area (Å²) in [7, 11) is 0. The molecule has 2 aromatic carbocycles. The van der Waals surface area contributed by atoms with E-state index in [0.29, 0.717) is 22.6 Å². The molecule has 0 aliphatic heterocycles. The Morgan fingerprint density at radius 2 is 1.50 bits per heavy atom. The SMILES string of the molecule is Oc1ccccc1N=Nc1c(O)cccc1-c1ccccn1. The zero-order valence-corrected chi connectivity index (χ0v) is 11.6. The Balaban J connectivity index is 2.06. The molecule has 0 radical (unpaired) electrons. The first-order valence-electron chi connectivity index (χ1n) is 6.69. The lowest BCUT2D eigenvalue weighted by Gasteiger charge is -2.06. The maximum Gasteiger partial charge on any atom is 0.143 e. The first kappa shape index (κ1) is 13.8. The van der Waals surface area contributed by atoms with Gasteiger partial charge in [0.2, 0.25) is 0 Å². The van der Waals surface area contributed by atoms with Crippen LogP contribution in [0.25, 0.3) is 11.3 Å². The molecule has 0 aliphatic rings. The molecule has 3 aromatic rings. The summed E-state index contributed by atoms with van der Waals surface area (Å²) in [5.74, 6) is 0.0309. The lowest BCUT2D eigenvalue weighted by Crippen LogP contribution is -1.83. The number of azo groups is 1. The highest BCUT2D eigenvalue weighted by Crippen LogP contribution is 2.38. The van der Waals surface area contributed by atoms with Crippen LogP contribution in [0.15, 0.2) is 77.1 Å². The fourth-order valence-corrected chi connectivity index (χ4v) is 2.02. The number of rotatable bonds is 3. The fraction of sp³-hybridized carbons (Fsp3) is 0. The van der Waals surface area contributed by atoms with Crippen molar-refractivity contribution in [3.8, 4) is 22.8 Å². The van der Waals surface area contributed by atoms with Crippen molar-refractivity contribution >= 4 is 11.4 Å². The lowest BCUT2D eigenvalue weighted by molar-refractivity contribution is 0.474. The number of hydrogen-bond donors (Lipinski definition) is 2. The van der Waals surface area contributed by atoms with Crippen molar-refractivity contribution < 1.29 is 10.2 Å². The predicted octanol–water partition coefficient (Wildman–Crippen LogP) is 4.58. The van der Waals surface area contributed by atoms with E-state index in [1.807, 2.05) is 18.2 Å². The highest BCUT2D eigenvalue weighted by atomic mass is 16.3.